The van der Waals surface area contributed by atoms with Gasteiger partial charge in [0.2, 0.25) is 0 Å². The number of hydrogen-bond donors (Lipinski definition) is 2. The zero-order valence-electron chi connectivity index (χ0n) is 12.5. The number of aryl methyl sites for hydroxylation is 2. The van der Waals surface area contributed by atoms with Gasteiger partial charge in [0.05, 0.1) is 15.8 Å². The number of nitrogens with one attached hydrogen (secondary N) is 1. The van der Waals surface area contributed by atoms with Crippen LogP contribution >= 0.6 is 11.3 Å². The third-order valence-corrected chi connectivity index (χ3v) is 4.94. The van der Waals surface area contributed by atoms with Gasteiger partial charge in [0.25, 0.3) is 0 Å². The summed E-state index contributed by atoms with van der Waals surface area (Å²) in [5.41, 5.74) is 10.4. The van der Waals surface area contributed by atoms with Crippen molar-refractivity contribution in [1.82, 2.24) is 15.2 Å². The van der Waals surface area contributed by atoms with Gasteiger partial charge in [0, 0.05) is 5.69 Å². The van der Waals surface area contributed by atoms with E-state index in [1.54, 1.807) is 11.3 Å². The van der Waals surface area contributed by atoms with Gasteiger partial charge in [0.15, 0.2) is 5.82 Å². The molecule has 4 aromatic rings. The van der Waals surface area contributed by atoms with Gasteiger partial charge in [-0.15, -0.1) is 11.3 Å². The van der Waals surface area contributed by atoms with Crippen LogP contribution in [-0.2, 0) is 12.8 Å². The van der Waals surface area contributed by atoms with Gasteiger partial charge < -0.3 is 5.73 Å². The molecule has 114 valence electrons. The molecular weight excluding hydrogens is 304 g/mol. The van der Waals surface area contributed by atoms with Crippen LogP contribution < -0.4 is 5.73 Å². The minimum absolute atomic E-state index is 0.520. The van der Waals surface area contributed by atoms with E-state index in [0.29, 0.717) is 5.82 Å². The standard InChI is InChI=1S/C18H16N4S/c19-17-16(18-20-13-8-4-5-9-15(13)23-18)14(21-22-17)11-10-12-6-2-1-3-7-12/h1-9H,10-11H2,(H3,19,21,22). The third-order valence-electron chi connectivity index (χ3n) is 3.88. The Morgan fingerprint density at radius 3 is 2.57 bits per heavy atom. The predicted molar refractivity (Wildman–Crippen MR) is 95.5 cm³/mol. The van der Waals surface area contributed by atoms with Crippen LogP contribution in [0.4, 0.5) is 5.82 Å². The van der Waals surface area contributed by atoms with Crippen molar-refractivity contribution in [3.63, 3.8) is 0 Å². The summed E-state index contributed by atoms with van der Waals surface area (Å²) in [6.07, 6.45) is 1.81. The summed E-state index contributed by atoms with van der Waals surface area (Å²) < 4.78 is 1.16. The minimum atomic E-state index is 0.520. The highest BCUT2D eigenvalue weighted by Crippen LogP contribution is 2.35. The van der Waals surface area contributed by atoms with Gasteiger partial charge in [-0.2, -0.15) is 5.10 Å². The second-order valence-corrected chi connectivity index (χ2v) is 6.47. The lowest BCUT2D eigenvalue weighted by molar-refractivity contribution is 0.895. The van der Waals surface area contributed by atoms with Crippen LogP contribution in [0.3, 0.4) is 0 Å². The molecule has 4 rings (SSSR count). The van der Waals surface area contributed by atoms with Gasteiger partial charge in [-0.1, -0.05) is 42.5 Å². The summed E-state index contributed by atoms with van der Waals surface area (Å²) in [5.74, 6) is 0.520. The summed E-state index contributed by atoms with van der Waals surface area (Å²) in [4.78, 5) is 4.71. The number of fused-ring (bicyclic) bond motifs is 1. The lowest BCUT2D eigenvalue weighted by atomic mass is 10.1. The summed E-state index contributed by atoms with van der Waals surface area (Å²) in [6.45, 7) is 0. The van der Waals surface area contributed by atoms with Gasteiger partial charge >= 0.3 is 0 Å². The van der Waals surface area contributed by atoms with E-state index in [2.05, 4.69) is 40.5 Å². The fourth-order valence-corrected chi connectivity index (χ4v) is 3.75. The van der Waals surface area contributed by atoms with Crippen LogP contribution in [0.1, 0.15) is 11.3 Å². The van der Waals surface area contributed by atoms with E-state index < -0.39 is 0 Å². The van der Waals surface area contributed by atoms with Gasteiger partial charge in [-0.25, -0.2) is 4.98 Å². The molecule has 0 amide bonds. The van der Waals surface area contributed by atoms with Crippen LogP contribution in [0.5, 0.6) is 0 Å². The normalized spacial score (nSPS) is 11.1. The Morgan fingerprint density at radius 2 is 1.74 bits per heavy atom. The summed E-state index contributed by atoms with van der Waals surface area (Å²) in [5, 5.41) is 8.20. The number of anilines is 1. The van der Waals surface area contributed by atoms with Crippen LogP contribution in [-0.4, -0.2) is 15.2 Å². The number of nitrogens with two attached hydrogens (primary N) is 1. The van der Waals surface area contributed by atoms with Crippen molar-refractivity contribution < 1.29 is 0 Å². The monoisotopic (exact) mass is 320 g/mol. The molecule has 0 saturated carbocycles. The SMILES string of the molecule is Nc1n[nH]c(CCc2ccccc2)c1-c1nc2ccccc2s1. The maximum atomic E-state index is 6.09. The number of hydrogen-bond acceptors (Lipinski definition) is 4. The van der Waals surface area contributed by atoms with Crippen molar-refractivity contribution in [2.45, 2.75) is 12.8 Å². The highest BCUT2D eigenvalue weighted by molar-refractivity contribution is 7.21. The first kappa shape index (κ1) is 14.0. The predicted octanol–water partition coefficient (Wildman–Crippen LogP) is 4.05. The molecule has 5 heteroatoms. The number of H-pyrrole nitrogens is 1. The maximum absolute atomic E-state index is 6.09. The Bertz CT molecular complexity index is 907. The quantitative estimate of drug-likeness (QED) is 0.596. The van der Waals surface area contributed by atoms with E-state index >= 15 is 0 Å². The van der Waals surface area contributed by atoms with E-state index in [0.717, 1.165) is 39.3 Å². The number of aromatic amines is 1. The second kappa shape index (κ2) is 5.85. The molecule has 0 fully saturated rings. The van der Waals surface area contributed by atoms with Crippen molar-refractivity contribution in [1.29, 1.82) is 0 Å². The number of nitrogens with zero attached hydrogens (tertiary/aromatic N) is 2. The van der Waals surface area contributed by atoms with E-state index in [4.69, 9.17) is 10.7 Å². The molecule has 0 saturated heterocycles. The molecule has 0 radical (unpaired) electrons. The molecule has 23 heavy (non-hydrogen) atoms. The molecule has 0 atom stereocenters. The zero-order valence-corrected chi connectivity index (χ0v) is 13.3. The average molecular weight is 320 g/mol. The number of thiazole rings is 1. The Balaban J connectivity index is 1.67. The van der Waals surface area contributed by atoms with Crippen molar-refractivity contribution in [3.05, 3.63) is 65.9 Å². The smallest absolute Gasteiger partial charge is 0.155 e. The highest BCUT2D eigenvalue weighted by atomic mass is 32.1. The average Bonchev–Trinajstić information content (AvgIpc) is 3.16. The first-order valence-corrected chi connectivity index (χ1v) is 8.35. The van der Waals surface area contributed by atoms with Crippen LogP contribution in [0.25, 0.3) is 20.8 Å². The molecule has 2 heterocycles. The van der Waals surface area contributed by atoms with Gasteiger partial charge in [0.1, 0.15) is 5.01 Å². The molecule has 0 unspecified atom stereocenters. The molecular formula is C18H16N4S. The third kappa shape index (κ3) is 2.71. The Kier molecular flexibility index (Phi) is 3.55. The molecule has 0 spiro atoms. The molecule has 2 aromatic carbocycles. The van der Waals surface area contributed by atoms with Crippen LogP contribution in [0.15, 0.2) is 54.6 Å². The molecule has 4 nitrogen and oxygen atoms in total. The van der Waals surface area contributed by atoms with E-state index in [1.807, 2.05) is 24.3 Å². The van der Waals surface area contributed by atoms with Crippen LogP contribution in [0, 0.1) is 0 Å². The Morgan fingerprint density at radius 1 is 0.957 bits per heavy atom. The number of benzene rings is 2. The zero-order chi connectivity index (χ0) is 15.6. The molecule has 0 aliphatic carbocycles. The molecule has 3 N–H and O–H groups in total. The molecule has 0 bridgehead atoms. The largest absolute Gasteiger partial charge is 0.382 e. The number of nitrogen functional groups attached to an aromatic ring is 1. The van der Waals surface area contributed by atoms with E-state index in [9.17, 15) is 0 Å². The molecule has 0 aliphatic rings. The van der Waals surface area contributed by atoms with E-state index in [-0.39, 0.29) is 0 Å². The molecule has 2 aromatic heterocycles. The van der Waals surface area contributed by atoms with Gasteiger partial charge in [-0.05, 0) is 30.5 Å². The summed E-state index contributed by atoms with van der Waals surface area (Å²) in [6, 6.07) is 18.6. The topological polar surface area (TPSA) is 67.6 Å². The number of para-hydroxylation sites is 1. The van der Waals surface area contributed by atoms with E-state index in [1.165, 1.54) is 5.56 Å². The molecule has 0 aliphatic heterocycles. The Labute approximate surface area is 138 Å². The van der Waals surface area contributed by atoms with Crippen molar-refractivity contribution in [2.24, 2.45) is 0 Å². The second-order valence-electron chi connectivity index (χ2n) is 5.43. The lowest BCUT2D eigenvalue weighted by Gasteiger charge is -2.02. The fraction of sp³-hybridized carbons (Fsp3) is 0.111. The van der Waals surface area contributed by atoms with Gasteiger partial charge in [-0.3, -0.25) is 5.10 Å². The van der Waals surface area contributed by atoms with Crippen molar-refractivity contribution in [2.75, 3.05) is 5.73 Å². The fourth-order valence-electron chi connectivity index (χ4n) is 2.71. The highest BCUT2D eigenvalue weighted by Gasteiger charge is 2.17. The number of rotatable bonds is 4. The lowest BCUT2D eigenvalue weighted by Crippen LogP contribution is -1.94. The number of aromatic nitrogens is 3. The summed E-state index contributed by atoms with van der Waals surface area (Å²) >= 11 is 1.65. The Hall–Kier alpha value is -2.66. The minimum Gasteiger partial charge on any atom is -0.382 e. The van der Waals surface area contributed by atoms with Crippen LogP contribution in [0.2, 0.25) is 0 Å². The summed E-state index contributed by atoms with van der Waals surface area (Å²) in [7, 11) is 0. The first-order valence-electron chi connectivity index (χ1n) is 7.54. The van der Waals surface area contributed by atoms with Crippen molar-refractivity contribution in [3.8, 4) is 10.6 Å². The first-order chi connectivity index (χ1) is 11.3. The maximum Gasteiger partial charge on any atom is 0.155 e. The van der Waals surface area contributed by atoms with Crippen molar-refractivity contribution >= 4 is 27.4 Å².